The molecule has 0 aromatic heterocycles. The fraction of sp³-hybridized carbons (Fsp3) is 0.190. The third kappa shape index (κ3) is 8.90. The van der Waals surface area contributed by atoms with Crippen molar-refractivity contribution >= 4 is 40.6 Å². The predicted octanol–water partition coefficient (Wildman–Crippen LogP) is 7.71. The third-order valence-corrected chi connectivity index (χ3v) is 8.38. The number of anilines is 3. The van der Waals surface area contributed by atoms with Gasteiger partial charge in [-0.1, -0.05) is 97.1 Å². The molecule has 7 heteroatoms. The lowest BCUT2D eigenvalue weighted by Crippen LogP contribution is -2.13. The smallest absolute Gasteiger partial charge is 0.310 e. The van der Waals surface area contributed by atoms with Gasteiger partial charge in [0.25, 0.3) is 0 Å². The predicted molar refractivity (Wildman–Crippen MR) is 190 cm³/mol. The van der Waals surface area contributed by atoms with Gasteiger partial charge in [-0.2, -0.15) is 0 Å². The van der Waals surface area contributed by atoms with Gasteiger partial charge < -0.3 is 23.8 Å². The summed E-state index contributed by atoms with van der Waals surface area (Å²) in [6.45, 7) is 1.90. The van der Waals surface area contributed by atoms with E-state index in [2.05, 4.69) is 83.8 Å². The van der Waals surface area contributed by atoms with Crippen molar-refractivity contribution in [3.8, 4) is 0 Å². The lowest BCUT2D eigenvalue weighted by atomic mass is 9.95. The van der Waals surface area contributed by atoms with Gasteiger partial charge in [-0.25, -0.2) is 0 Å². The van der Waals surface area contributed by atoms with Gasteiger partial charge in [-0.15, -0.1) is 0 Å². The van der Waals surface area contributed by atoms with E-state index in [1.54, 1.807) is 0 Å². The van der Waals surface area contributed by atoms with E-state index in [0.717, 1.165) is 50.5 Å². The van der Waals surface area contributed by atoms with Crippen LogP contribution in [0.25, 0.3) is 11.6 Å². The molecule has 0 saturated carbocycles. The van der Waals surface area contributed by atoms with Gasteiger partial charge in [0, 0.05) is 17.1 Å². The van der Waals surface area contributed by atoms with E-state index in [0.29, 0.717) is 26.4 Å². The standard InChI is InChI=1S/C42H37NO6/c44-41(48-28-38-26-46-38)24-31-13-19-36(20-14-31)43(37-21-15-32(16-22-37)25-42(45)49-29-39-27-47-39)35-17-11-30(12-18-35)23-40(33-7-3-1-4-8-33)34-9-5-2-6-10-34/h1-23,38-39H,24-29H2/t38-,39?/m1/s1. The number of carbonyl (C=O) groups excluding carboxylic acids is 2. The highest BCUT2D eigenvalue weighted by Gasteiger charge is 2.25. The number of benzene rings is 5. The van der Waals surface area contributed by atoms with Gasteiger partial charge in [-0.05, 0) is 75.9 Å². The van der Waals surface area contributed by atoms with E-state index >= 15 is 0 Å². The minimum Gasteiger partial charge on any atom is -0.463 e. The van der Waals surface area contributed by atoms with Crippen molar-refractivity contribution in [2.75, 3.05) is 31.3 Å². The Labute approximate surface area is 286 Å². The summed E-state index contributed by atoms with van der Waals surface area (Å²) in [4.78, 5) is 26.9. The first-order valence-electron chi connectivity index (χ1n) is 16.5. The molecular weight excluding hydrogens is 614 g/mol. The van der Waals surface area contributed by atoms with Crippen molar-refractivity contribution < 1.29 is 28.5 Å². The first-order chi connectivity index (χ1) is 24.1. The minimum atomic E-state index is -0.270. The Morgan fingerprint density at radius 3 is 1.35 bits per heavy atom. The molecule has 0 spiro atoms. The molecule has 2 fully saturated rings. The SMILES string of the molecule is O=C(Cc1ccc(N(c2ccc(C=C(c3ccccc3)c3ccccc3)cc2)c2ccc(CC(=O)OC[C@H]3CO3)cc2)cc1)OCC1CO1. The molecular formula is C42H37NO6. The Balaban J connectivity index is 1.15. The molecule has 2 aliphatic rings. The first kappa shape index (κ1) is 32.1. The number of rotatable bonds is 14. The Morgan fingerprint density at radius 2 is 0.959 bits per heavy atom. The van der Waals surface area contributed by atoms with Crippen LogP contribution in [-0.4, -0.2) is 50.6 Å². The van der Waals surface area contributed by atoms with Crippen LogP contribution < -0.4 is 4.90 Å². The lowest BCUT2D eigenvalue weighted by molar-refractivity contribution is -0.144. The fourth-order valence-electron chi connectivity index (χ4n) is 5.56. The van der Waals surface area contributed by atoms with Crippen LogP contribution in [-0.2, 0) is 41.4 Å². The van der Waals surface area contributed by atoms with E-state index in [-0.39, 0.29) is 37.0 Å². The van der Waals surface area contributed by atoms with E-state index in [1.165, 1.54) is 0 Å². The molecule has 246 valence electrons. The summed E-state index contributed by atoms with van der Waals surface area (Å²) in [6, 6.07) is 45.1. The van der Waals surface area contributed by atoms with Crippen molar-refractivity contribution in [3.05, 3.63) is 161 Å². The zero-order chi connectivity index (χ0) is 33.4. The number of nitrogens with zero attached hydrogens (tertiary/aromatic N) is 1. The van der Waals surface area contributed by atoms with Crippen LogP contribution in [0.5, 0.6) is 0 Å². The second-order valence-electron chi connectivity index (χ2n) is 12.2. The van der Waals surface area contributed by atoms with Gasteiger partial charge in [0.15, 0.2) is 0 Å². The largest absolute Gasteiger partial charge is 0.463 e. The maximum atomic E-state index is 12.3. The number of carbonyl (C=O) groups is 2. The van der Waals surface area contributed by atoms with Gasteiger partial charge in [-0.3, -0.25) is 9.59 Å². The molecule has 49 heavy (non-hydrogen) atoms. The summed E-state index contributed by atoms with van der Waals surface area (Å²) in [5.74, 6) is -0.541. The topological polar surface area (TPSA) is 80.9 Å². The van der Waals surface area contributed by atoms with E-state index in [4.69, 9.17) is 18.9 Å². The number of ether oxygens (including phenoxy) is 4. The zero-order valence-corrected chi connectivity index (χ0v) is 27.1. The molecule has 2 atom stereocenters. The summed E-state index contributed by atoms with van der Waals surface area (Å²) >= 11 is 0. The molecule has 0 bridgehead atoms. The Kier molecular flexibility index (Phi) is 9.92. The molecule has 0 amide bonds. The van der Waals surface area contributed by atoms with Crippen LogP contribution >= 0.6 is 0 Å². The molecule has 0 radical (unpaired) electrons. The van der Waals surface area contributed by atoms with Crippen molar-refractivity contribution in [3.63, 3.8) is 0 Å². The van der Waals surface area contributed by atoms with Crippen molar-refractivity contribution in [1.29, 1.82) is 0 Å². The first-order valence-corrected chi connectivity index (χ1v) is 16.5. The van der Waals surface area contributed by atoms with Gasteiger partial charge in [0.2, 0.25) is 0 Å². The second kappa shape index (κ2) is 15.2. The summed E-state index contributed by atoms with van der Waals surface area (Å²) in [5, 5.41) is 0. The van der Waals surface area contributed by atoms with Gasteiger partial charge >= 0.3 is 11.9 Å². The van der Waals surface area contributed by atoms with Crippen LogP contribution in [0.4, 0.5) is 17.1 Å². The van der Waals surface area contributed by atoms with Crippen LogP contribution in [0.3, 0.4) is 0 Å². The monoisotopic (exact) mass is 651 g/mol. The molecule has 5 aromatic carbocycles. The van der Waals surface area contributed by atoms with Crippen LogP contribution in [0.15, 0.2) is 133 Å². The highest BCUT2D eigenvalue weighted by molar-refractivity contribution is 5.91. The maximum Gasteiger partial charge on any atom is 0.310 e. The van der Waals surface area contributed by atoms with Gasteiger partial charge in [0.1, 0.15) is 25.4 Å². The summed E-state index contributed by atoms with van der Waals surface area (Å²) in [5.41, 5.74) is 9.06. The average molecular weight is 652 g/mol. The molecule has 0 aliphatic carbocycles. The fourth-order valence-corrected chi connectivity index (χ4v) is 5.56. The van der Waals surface area contributed by atoms with E-state index < -0.39 is 0 Å². The summed E-state index contributed by atoms with van der Waals surface area (Å²) in [6.07, 6.45) is 2.68. The summed E-state index contributed by atoms with van der Waals surface area (Å²) < 4.78 is 20.9. The molecule has 0 N–H and O–H groups in total. The third-order valence-electron chi connectivity index (χ3n) is 8.38. The van der Waals surface area contributed by atoms with E-state index in [9.17, 15) is 9.59 Å². The van der Waals surface area contributed by atoms with Crippen LogP contribution in [0, 0.1) is 0 Å². The lowest BCUT2D eigenvalue weighted by Gasteiger charge is -2.26. The minimum absolute atomic E-state index is 0.0411. The Hall–Kier alpha value is -5.50. The molecule has 7 nitrogen and oxygen atoms in total. The number of esters is 2. The Bertz CT molecular complexity index is 1770. The average Bonchev–Trinajstić information content (AvgIpc) is 4.08. The van der Waals surface area contributed by atoms with Crippen molar-refractivity contribution in [2.24, 2.45) is 0 Å². The second-order valence-corrected chi connectivity index (χ2v) is 12.2. The highest BCUT2D eigenvalue weighted by Crippen LogP contribution is 2.36. The van der Waals surface area contributed by atoms with Crippen molar-refractivity contribution in [1.82, 2.24) is 0 Å². The number of epoxide rings is 2. The summed E-state index contributed by atoms with van der Waals surface area (Å²) in [7, 11) is 0. The maximum absolute atomic E-state index is 12.3. The molecule has 5 aromatic rings. The number of hydrogen-bond acceptors (Lipinski definition) is 7. The van der Waals surface area contributed by atoms with Crippen LogP contribution in [0.2, 0.25) is 0 Å². The zero-order valence-electron chi connectivity index (χ0n) is 27.1. The van der Waals surface area contributed by atoms with E-state index in [1.807, 2.05) is 60.7 Å². The molecule has 7 rings (SSSR count). The highest BCUT2D eigenvalue weighted by atomic mass is 16.6. The number of hydrogen-bond donors (Lipinski definition) is 0. The van der Waals surface area contributed by atoms with Crippen molar-refractivity contribution in [2.45, 2.75) is 25.0 Å². The molecule has 2 aliphatic heterocycles. The van der Waals surface area contributed by atoms with Crippen LogP contribution in [0.1, 0.15) is 27.8 Å². The molecule has 1 unspecified atom stereocenters. The van der Waals surface area contributed by atoms with Gasteiger partial charge in [0.05, 0.1) is 26.1 Å². The molecule has 2 heterocycles. The normalized spacial score (nSPS) is 15.9. The quantitative estimate of drug-likeness (QED) is 0.0691. The molecule has 2 saturated heterocycles. The Morgan fingerprint density at radius 1 is 0.571 bits per heavy atom.